The first kappa shape index (κ1) is 12.2. The van der Waals surface area contributed by atoms with E-state index in [-0.39, 0.29) is 11.7 Å². The molecule has 1 aromatic rings. The lowest BCUT2D eigenvalue weighted by atomic mass is 10.1. The van der Waals surface area contributed by atoms with Gasteiger partial charge in [0.05, 0.1) is 11.7 Å². The van der Waals surface area contributed by atoms with Crippen molar-refractivity contribution >= 4 is 17.5 Å². The molecule has 1 heterocycles. The molecular weight excluding hydrogens is 212 g/mol. The van der Waals surface area contributed by atoms with E-state index in [4.69, 9.17) is 4.52 Å². The average Bonchev–Trinajstić information content (AvgIpc) is 2.72. The Morgan fingerprint density at radius 2 is 2.27 bits per heavy atom. The smallest absolute Gasteiger partial charge is 0.236 e. The molecule has 0 saturated heterocycles. The summed E-state index contributed by atoms with van der Waals surface area (Å²) in [6, 6.07) is 0. The third-order valence-electron chi connectivity index (χ3n) is 2.12. The van der Waals surface area contributed by atoms with Crippen LogP contribution in [0.1, 0.15) is 44.8 Å². The molecule has 0 amide bonds. The van der Waals surface area contributed by atoms with Crippen LogP contribution in [-0.2, 0) is 10.5 Å². The second kappa shape index (κ2) is 5.90. The van der Waals surface area contributed by atoms with Crippen LogP contribution in [0.4, 0.5) is 0 Å². The predicted molar refractivity (Wildman–Crippen MR) is 59.8 cm³/mol. The maximum atomic E-state index is 11.4. The summed E-state index contributed by atoms with van der Waals surface area (Å²) in [6.45, 7) is 5.72. The Kier molecular flexibility index (Phi) is 4.81. The number of carbonyl (C=O) groups is 1. The fourth-order valence-corrected chi connectivity index (χ4v) is 1.64. The Bertz CT molecular complexity index is 325. The van der Waals surface area contributed by atoms with Crippen molar-refractivity contribution in [3.05, 3.63) is 11.7 Å². The van der Waals surface area contributed by atoms with Gasteiger partial charge in [-0.1, -0.05) is 19.0 Å². The van der Waals surface area contributed by atoms with Gasteiger partial charge in [-0.15, -0.1) is 0 Å². The molecule has 0 fully saturated rings. The largest absolute Gasteiger partial charge is 0.339 e. The molecule has 1 atom stereocenters. The van der Waals surface area contributed by atoms with E-state index in [0.717, 1.165) is 11.5 Å². The number of Topliss-reactive ketones (excluding diaryl/α,β-unsaturated/α-hetero) is 1. The van der Waals surface area contributed by atoms with Gasteiger partial charge < -0.3 is 4.52 Å². The van der Waals surface area contributed by atoms with Crippen molar-refractivity contribution in [1.29, 1.82) is 0 Å². The van der Waals surface area contributed by atoms with Gasteiger partial charge in [0.2, 0.25) is 5.89 Å². The molecule has 1 rings (SSSR count). The minimum atomic E-state index is -0.275. The van der Waals surface area contributed by atoms with Crippen LogP contribution < -0.4 is 0 Å². The second-order valence-electron chi connectivity index (χ2n) is 3.23. The minimum Gasteiger partial charge on any atom is -0.339 e. The lowest BCUT2D eigenvalue weighted by molar-refractivity contribution is -0.120. The van der Waals surface area contributed by atoms with E-state index >= 15 is 0 Å². The van der Waals surface area contributed by atoms with E-state index in [1.54, 1.807) is 18.7 Å². The van der Waals surface area contributed by atoms with Crippen LogP contribution in [0.25, 0.3) is 0 Å². The molecular formula is C10H16N2O2S. The van der Waals surface area contributed by atoms with Crippen molar-refractivity contribution in [1.82, 2.24) is 10.1 Å². The summed E-state index contributed by atoms with van der Waals surface area (Å²) in [5.74, 6) is 2.73. The van der Waals surface area contributed by atoms with E-state index < -0.39 is 0 Å². The van der Waals surface area contributed by atoms with Crippen LogP contribution in [0.15, 0.2) is 4.52 Å². The maximum absolute atomic E-state index is 11.4. The summed E-state index contributed by atoms with van der Waals surface area (Å²) in [7, 11) is 0. The van der Waals surface area contributed by atoms with Gasteiger partial charge in [0.15, 0.2) is 5.82 Å². The highest BCUT2D eigenvalue weighted by molar-refractivity contribution is 7.98. The highest BCUT2D eigenvalue weighted by atomic mass is 32.2. The van der Waals surface area contributed by atoms with Gasteiger partial charge in [0.25, 0.3) is 0 Å². The summed E-state index contributed by atoms with van der Waals surface area (Å²) in [5.41, 5.74) is 0. The molecule has 0 aromatic carbocycles. The van der Waals surface area contributed by atoms with Crippen LogP contribution in [0, 0.1) is 0 Å². The lowest BCUT2D eigenvalue weighted by Crippen LogP contribution is -2.07. The normalized spacial score (nSPS) is 12.7. The molecule has 0 radical (unpaired) electrons. The number of nitrogens with zero attached hydrogens (tertiary/aromatic N) is 2. The van der Waals surface area contributed by atoms with Gasteiger partial charge in [-0.3, -0.25) is 4.79 Å². The molecule has 0 saturated carbocycles. The average molecular weight is 228 g/mol. The van der Waals surface area contributed by atoms with E-state index in [1.807, 2.05) is 6.92 Å². The molecule has 1 aromatic heterocycles. The van der Waals surface area contributed by atoms with Crippen molar-refractivity contribution in [2.75, 3.05) is 5.75 Å². The molecule has 1 unspecified atom stereocenters. The molecule has 0 spiro atoms. The molecule has 4 nitrogen and oxygen atoms in total. The predicted octanol–water partition coefficient (Wildman–Crippen LogP) is 2.41. The zero-order valence-corrected chi connectivity index (χ0v) is 10.1. The Morgan fingerprint density at radius 1 is 1.53 bits per heavy atom. The first-order chi connectivity index (χ1) is 7.19. The first-order valence-electron chi connectivity index (χ1n) is 5.12. The summed E-state index contributed by atoms with van der Waals surface area (Å²) in [6.07, 6.45) is 0.503. The Hall–Kier alpha value is -0.840. The molecule has 0 aliphatic carbocycles. The first-order valence-corrected chi connectivity index (χ1v) is 6.27. The van der Waals surface area contributed by atoms with Crippen molar-refractivity contribution in [2.24, 2.45) is 0 Å². The highest BCUT2D eigenvalue weighted by Crippen LogP contribution is 2.17. The van der Waals surface area contributed by atoms with Crippen molar-refractivity contribution in [3.63, 3.8) is 0 Å². The highest BCUT2D eigenvalue weighted by Gasteiger charge is 2.19. The third kappa shape index (κ3) is 3.34. The standard InChI is InChI=1S/C10H16N2O2S/c1-4-8(13)7(3)10-11-9(12-14-10)6-15-5-2/h7H,4-6H2,1-3H3. The fraction of sp³-hybridized carbons (Fsp3) is 0.700. The summed E-state index contributed by atoms with van der Waals surface area (Å²) < 4.78 is 5.05. The summed E-state index contributed by atoms with van der Waals surface area (Å²) >= 11 is 1.73. The van der Waals surface area contributed by atoms with Crippen LogP contribution in [0.2, 0.25) is 0 Å². The number of rotatable bonds is 6. The molecule has 0 aliphatic rings. The number of carbonyl (C=O) groups excluding carboxylic acids is 1. The number of hydrogen-bond donors (Lipinski definition) is 0. The van der Waals surface area contributed by atoms with Gasteiger partial charge in [-0.25, -0.2) is 0 Å². The van der Waals surface area contributed by atoms with Crippen LogP contribution in [-0.4, -0.2) is 21.7 Å². The third-order valence-corrected chi connectivity index (χ3v) is 2.99. The van der Waals surface area contributed by atoms with Crippen LogP contribution in [0.3, 0.4) is 0 Å². The Morgan fingerprint density at radius 3 is 2.87 bits per heavy atom. The number of thioether (sulfide) groups is 1. The topological polar surface area (TPSA) is 56.0 Å². The fourth-order valence-electron chi connectivity index (χ4n) is 1.14. The molecule has 84 valence electrons. The number of aromatic nitrogens is 2. The van der Waals surface area contributed by atoms with E-state index in [0.29, 0.717) is 18.1 Å². The van der Waals surface area contributed by atoms with Crippen LogP contribution >= 0.6 is 11.8 Å². The summed E-state index contributed by atoms with van der Waals surface area (Å²) in [5, 5.41) is 3.83. The SMILES string of the molecule is CCSCc1noc(C(C)C(=O)CC)n1. The van der Waals surface area contributed by atoms with Gasteiger partial charge in [-0.05, 0) is 12.7 Å². The quantitative estimate of drug-likeness (QED) is 0.748. The van der Waals surface area contributed by atoms with Gasteiger partial charge in [0.1, 0.15) is 5.78 Å². The maximum Gasteiger partial charge on any atom is 0.236 e. The molecule has 5 heteroatoms. The zero-order chi connectivity index (χ0) is 11.3. The Labute approximate surface area is 93.8 Å². The van der Waals surface area contributed by atoms with Crippen molar-refractivity contribution in [2.45, 2.75) is 38.9 Å². The minimum absolute atomic E-state index is 0.133. The zero-order valence-electron chi connectivity index (χ0n) is 9.32. The second-order valence-corrected chi connectivity index (χ2v) is 4.50. The van der Waals surface area contributed by atoms with Crippen LogP contribution in [0.5, 0.6) is 0 Å². The summed E-state index contributed by atoms with van der Waals surface area (Å²) in [4.78, 5) is 15.6. The van der Waals surface area contributed by atoms with Crippen molar-refractivity contribution in [3.8, 4) is 0 Å². The van der Waals surface area contributed by atoms with E-state index in [2.05, 4.69) is 17.1 Å². The lowest BCUT2D eigenvalue weighted by Gasteiger charge is -2.01. The Balaban J connectivity index is 2.62. The van der Waals surface area contributed by atoms with Gasteiger partial charge >= 0.3 is 0 Å². The molecule has 0 N–H and O–H groups in total. The van der Waals surface area contributed by atoms with Crippen molar-refractivity contribution < 1.29 is 9.32 Å². The van der Waals surface area contributed by atoms with Gasteiger partial charge in [0, 0.05) is 6.42 Å². The molecule has 0 bridgehead atoms. The van der Waals surface area contributed by atoms with E-state index in [1.165, 1.54) is 0 Å². The van der Waals surface area contributed by atoms with E-state index in [9.17, 15) is 4.79 Å². The monoisotopic (exact) mass is 228 g/mol. The van der Waals surface area contributed by atoms with Gasteiger partial charge in [-0.2, -0.15) is 16.7 Å². The molecule has 0 aliphatic heterocycles. The number of ketones is 1. The molecule has 15 heavy (non-hydrogen) atoms. The number of hydrogen-bond acceptors (Lipinski definition) is 5.